The molecule has 22 heavy (non-hydrogen) atoms. The van der Waals surface area contributed by atoms with Gasteiger partial charge in [0, 0.05) is 17.5 Å². The molecule has 0 aliphatic carbocycles. The molecule has 1 atom stereocenters. The van der Waals surface area contributed by atoms with E-state index >= 15 is 0 Å². The number of carboxylic acid groups (broad SMARTS) is 1. The maximum atomic E-state index is 14.2. The Kier molecular flexibility index (Phi) is 3.42. The van der Waals surface area contributed by atoms with Gasteiger partial charge in [0.1, 0.15) is 6.61 Å². The first kappa shape index (κ1) is 14.3. The maximum absolute atomic E-state index is 14.2. The maximum Gasteiger partial charge on any atom is 0.328 e. The van der Waals surface area contributed by atoms with Gasteiger partial charge in [-0.3, -0.25) is 9.36 Å². The van der Waals surface area contributed by atoms with E-state index in [9.17, 15) is 19.1 Å². The lowest BCUT2D eigenvalue weighted by Crippen LogP contribution is -2.34. The average molecular weight is 305 g/mol. The zero-order valence-electron chi connectivity index (χ0n) is 11.3. The lowest BCUT2D eigenvalue weighted by molar-refractivity contribution is -0.131. The Morgan fingerprint density at radius 3 is 2.95 bits per heavy atom. The Balaban J connectivity index is 2.38. The molecule has 1 aliphatic rings. The molecule has 0 unspecified atom stereocenters. The normalized spacial score (nSPS) is 16.9. The number of hydrogen-bond acceptors (Lipinski definition) is 4. The largest absolute Gasteiger partial charge is 0.486 e. The number of halogens is 1. The number of ether oxygens (including phenoxy) is 1. The molecular formula is C15H12FNO5. The summed E-state index contributed by atoms with van der Waals surface area (Å²) in [5.74, 6) is -1.92. The lowest BCUT2D eigenvalue weighted by atomic mass is 10.0. The minimum absolute atomic E-state index is 0.0102. The number of aliphatic hydroxyl groups excluding tert-OH is 1. The van der Waals surface area contributed by atoms with Crippen molar-refractivity contribution >= 4 is 22.9 Å². The van der Waals surface area contributed by atoms with Crippen LogP contribution in [0.4, 0.5) is 4.39 Å². The van der Waals surface area contributed by atoms with Crippen LogP contribution in [-0.2, 0) is 4.79 Å². The van der Waals surface area contributed by atoms with Crippen molar-refractivity contribution in [2.24, 2.45) is 0 Å². The van der Waals surface area contributed by atoms with Crippen molar-refractivity contribution in [3.8, 4) is 5.75 Å². The Hall–Kier alpha value is -2.67. The molecule has 0 radical (unpaired) electrons. The molecule has 2 N–H and O–H groups in total. The molecular weight excluding hydrogens is 293 g/mol. The van der Waals surface area contributed by atoms with Crippen LogP contribution in [0.5, 0.6) is 5.75 Å². The predicted molar refractivity (Wildman–Crippen MR) is 76.5 cm³/mol. The van der Waals surface area contributed by atoms with Crippen molar-refractivity contribution in [2.75, 3.05) is 13.2 Å². The van der Waals surface area contributed by atoms with Crippen molar-refractivity contribution in [1.82, 2.24) is 4.57 Å². The van der Waals surface area contributed by atoms with Gasteiger partial charge in [-0.05, 0) is 23.8 Å². The van der Waals surface area contributed by atoms with Crippen LogP contribution < -0.4 is 10.3 Å². The van der Waals surface area contributed by atoms with Gasteiger partial charge >= 0.3 is 5.97 Å². The van der Waals surface area contributed by atoms with Crippen LogP contribution in [0.2, 0.25) is 0 Å². The lowest BCUT2D eigenvalue weighted by Gasteiger charge is -2.27. The highest BCUT2D eigenvalue weighted by Gasteiger charge is 2.26. The topological polar surface area (TPSA) is 88.8 Å². The van der Waals surface area contributed by atoms with Crippen molar-refractivity contribution < 1.29 is 24.1 Å². The van der Waals surface area contributed by atoms with Crippen LogP contribution in [0.15, 0.2) is 29.1 Å². The minimum atomic E-state index is -1.16. The second kappa shape index (κ2) is 5.27. The molecule has 114 valence electrons. The molecule has 3 rings (SSSR count). The zero-order valence-corrected chi connectivity index (χ0v) is 11.3. The highest BCUT2D eigenvalue weighted by Crippen LogP contribution is 2.36. The summed E-state index contributed by atoms with van der Waals surface area (Å²) in [6.07, 6.45) is 2.14. The number of aliphatic carboxylic acids is 1. The van der Waals surface area contributed by atoms with E-state index in [0.29, 0.717) is 10.9 Å². The van der Waals surface area contributed by atoms with E-state index in [1.54, 1.807) is 0 Å². The first-order valence-corrected chi connectivity index (χ1v) is 6.55. The van der Waals surface area contributed by atoms with Crippen molar-refractivity contribution in [3.63, 3.8) is 0 Å². The summed E-state index contributed by atoms with van der Waals surface area (Å²) in [6.45, 7) is -0.334. The van der Waals surface area contributed by atoms with E-state index in [2.05, 4.69) is 0 Å². The van der Waals surface area contributed by atoms with E-state index in [1.807, 2.05) is 0 Å². The fourth-order valence-corrected chi connectivity index (χ4v) is 2.60. The Bertz CT molecular complexity index is 855. The summed E-state index contributed by atoms with van der Waals surface area (Å²) < 4.78 is 20.8. The molecule has 0 fully saturated rings. The molecule has 1 aromatic carbocycles. The molecule has 2 aromatic rings. The molecule has 0 saturated carbocycles. The highest BCUT2D eigenvalue weighted by atomic mass is 19.1. The predicted octanol–water partition coefficient (Wildman–Crippen LogP) is 1.16. The third-order valence-electron chi connectivity index (χ3n) is 3.55. The Labute approximate surface area is 123 Å². The van der Waals surface area contributed by atoms with Crippen LogP contribution in [0.1, 0.15) is 11.6 Å². The summed E-state index contributed by atoms with van der Waals surface area (Å²) in [4.78, 5) is 22.7. The van der Waals surface area contributed by atoms with Crippen molar-refractivity contribution in [2.45, 2.75) is 6.04 Å². The van der Waals surface area contributed by atoms with Gasteiger partial charge in [0.25, 0.3) is 5.56 Å². The van der Waals surface area contributed by atoms with Crippen LogP contribution in [-0.4, -0.2) is 34.0 Å². The summed E-state index contributed by atoms with van der Waals surface area (Å²) in [7, 11) is 0. The quantitative estimate of drug-likeness (QED) is 0.831. The van der Waals surface area contributed by atoms with Gasteiger partial charge in [0.05, 0.1) is 18.2 Å². The van der Waals surface area contributed by atoms with Gasteiger partial charge in [0.2, 0.25) is 0 Å². The summed E-state index contributed by atoms with van der Waals surface area (Å²) >= 11 is 0. The van der Waals surface area contributed by atoms with Gasteiger partial charge in [-0.1, -0.05) is 0 Å². The number of hydrogen-bond donors (Lipinski definition) is 2. The number of pyridine rings is 1. The SMILES string of the molecule is O=C(O)/C=C/c1cc(F)c2c3c1ccc(=O)n3[C@H](CO)CO2. The number of rotatable bonds is 3. The second-order valence-corrected chi connectivity index (χ2v) is 4.90. The summed E-state index contributed by atoms with van der Waals surface area (Å²) in [6, 6.07) is 3.34. The molecule has 0 saturated heterocycles. The zero-order chi connectivity index (χ0) is 15.9. The van der Waals surface area contributed by atoms with E-state index < -0.39 is 17.8 Å². The second-order valence-electron chi connectivity index (χ2n) is 4.90. The first-order valence-electron chi connectivity index (χ1n) is 6.55. The van der Waals surface area contributed by atoms with E-state index in [4.69, 9.17) is 9.84 Å². The molecule has 0 spiro atoms. The smallest absolute Gasteiger partial charge is 0.328 e. The Morgan fingerprint density at radius 1 is 1.50 bits per heavy atom. The first-order chi connectivity index (χ1) is 10.5. The number of carbonyl (C=O) groups is 1. The standard InChI is InChI=1S/C15H12FNO5/c16-11-5-8(1-4-13(20)21)10-2-3-12(19)17-9(6-18)7-22-15(11)14(10)17/h1-5,9,18H,6-7H2,(H,20,21)/b4-1+/t9-/m1/s1. The number of carboxylic acids is 1. The Morgan fingerprint density at radius 2 is 2.27 bits per heavy atom. The third kappa shape index (κ3) is 2.15. The van der Waals surface area contributed by atoms with Gasteiger partial charge < -0.3 is 14.9 Å². The molecule has 1 aliphatic heterocycles. The van der Waals surface area contributed by atoms with Gasteiger partial charge in [0.15, 0.2) is 11.6 Å². The van der Waals surface area contributed by atoms with Crippen LogP contribution in [0, 0.1) is 5.82 Å². The van der Waals surface area contributed by atoms with Gasteiger partial charge in [-0.15, -0.1) is 0 Å². The highest BCUT2D eigenvalue weighted by molar-refractivity contribution is 5.96. The van der Waals surface area contributed by atoms with E-state index in [0.717, 1.165) is 12.1 Å². The molecule has 7 heteroatoms. The average Bonchev–Trinajstić information content (AvgIpc) is 2.50. The fraction of sp³-hybridized carbons (Fsp3) is 0.200. The molecule has 1 aromatic heterocycles. The summed E-state index contributed by atoms with van der Waals surface area (Å²) in [5, 5.41) is 18.6. The minimum Gasteiger partial charge on any atom is -0.486 e. The van der Waals surface area contributed by atoms with Gasteiger partial charge in [-0.25, -0.2) is 9.18 Å². The van der Waals surface area contributed by atoms with E-state index in [1.165, 1.54) is 22.8 Å². The number of benzene rings is 1. The molecule has 2 heterocycles. The third-order valence-corrected chi connectivity index (χ3v) is 3.55. The van der Waals surface area contributed by atoms with Crippen LogP contribution in [0.3, 0.4) is 0 Å². The molecule has 6 nitrogen and oxygen atoms in total. The van der Waals surface area contributed by atoms with Crippen LogP contribution in [0.25, 0.3) is 17.0 Å². The van der Waals surface area contributed by atoms with Crippen LogP contribution >= 0.6 is 0 Å². The van der Waals surface area contributed by atoms with Crippen molar-refractivity contribution in [3.05, 3.63) is 46.0 Å². The summed E-state index contributed by atoms with van der Waals surface area (Å²) in [5.41, 5.74) is 0.160. The number of nitrogens with zero attached hydrogens (tertiary/aromatic N) is 1. The number of aromatic nitrogens is 1. The van der Waals surface area contributed by atoms with E-state index in [-0.39, 0.29) is 30.0 Å². The number of aliphatic hydroxyl groups is 1. The van der Waals surface area contributed by atoms with Crippen molar-refractivity contribution in [1.29, 1.82) is 0 Å². The fourth-order valence-electron chi connectivity index (χ4n) is 2.60. The molecule has 0 amide bonds. The molecule has 0 bridgehead atoms. The van der Waals surface area contributed by atoms with Gasteiger partial charge in [-0.2, -0.15) is 0 Å². The monoisotopic (exact) mass is 305 g/mol.